The summed E-state index contributed by atoms with van der Waals surface area (Å²) in [6.45, 7) is 1.97. The topological polar surface area (TPSA) is 71.3 Å². The van der Waals surface area contributed by atoms with Crippen molar-refractivity contribution in [3.8, 4) is 0 Å². The van der Waals surface area contributed by atoms with Crippen LogP contribution in [0.15, 0.2) is 45.5 Å². The van der Waals surface area contributed by atoms with E-state index < -0.39 is 0 Å². The zero-order chi connectivity index (χ0) is 16.4. The van der Waals surface area contributed by atoms with Gasteiger partial charge in [-0.2, -0.15) is 0 Å². The van der Waals surface area contributed by atoms with Gasteiger partial charge in [0.05, 0.1) is 12.1 Å². The zero-order valence-electron chi connectivity index (χ0n) is 12.7. The summed E-state index contributed by atoms with van der Waals surface area (Å²) in [7, 11) is 1.87. The molecule has 2 heterocycles. The van der Waals surface area contributed by atoms with Gasteiger partial charge in [0.2, 0.25) is 5.91 Å². The number of nitrogens with one attached hydrogen (secondary N) is 1. The second-order valence-corrected chi connectivity index (χ2v) is 6.13. The van der Waals surface area contributed by atoms with Crippen LogP contribution in [0.25, 0.3) is 10.9 Å². The van der Waals surface area contributed by atoms with Crippen molar-refractivity contribution in [3.63, 3.8) is 0 Å². The SMILES string of the molecule is Cc1cc(NC(=O)CN(C)c2ccnc3cc(Br)ccc23)no1. The molecule has 0 saturated heterocycles. The quantitative estimate of drug-likeness (QED) is 0.757. The van der Waals surface area contributed by atoms with Crippen LogP contribution in [0.4, 0.5) is 11.5 Å². The van der Waals surface area contributed by atoms with Gasteiger partial charge in [0.15, 0.2) is 5.82 Å². The van der Waals surface area contributed by atoms with Crippen LogP contribution >= 0.6 is 15.9 Å². The molecule has 118 valence electrons. The summed E-state index contributed by atoms with van der Waals surface area (Å²) in [6, 6.07) is 9.46. The number of hydrogen-bond donors (Lipinski definition) is 1. The molecule has 1 aromatic carbocycles. The maximum atomic E-state index is 12.1. The molecule has 0 unspecified atom stereocenters. The van der Waals surface area contributed by atoms with Crippen molar-refractivity contribution in [1.82, 2.24) is 10.1 Å². The number of benzene rings is 1. The lowest BCUT2D eigenvalue weighted by molar-refractivity contribution is -0.115. The fourth-order valence-electron chi connectivity index (χ4n) is 2.35. The van der Waals surface area contributed by atoms with Gasteiger partial charge in [0.25, 0.3) is 0 Å². The lowest BCUT2D eigenvalue weighted by atomic mass is 10.2. The number of nitrogens with zero attached hydrogens (tertiary/aromatic N) is 3. The highest BCUT2D eigenvalue weighted by Gasteiger charge is 2.12. The molecule has 23 heavy (non-hydrogen) atoms. The molecule has 1 N–H and O–H groups in total. The summed E-state index contributed by atoms with van der Waals surface area (Å²) in [5.74, 6) is 0.909. The second kappa shape index (κ2) is 6.37. The van der Waals surface area contributed by atoms with Crippen molar-refractivity contribution in [3.05, 3.63) is 46.8 Å². The highest BCUT2D eigenvalue weighted by atomic mass is 79.9. The molecule has 0 atom stereocenters. The molecule has 3 aromatic rings. The number of likely N-dealkylation sites (N-methyl/N-ethyl adjacent to an activating group) is 1. The molecular weight excluding hydrogens is 360 g/mol. The number of aromatic nitrogens is 2. The smallest absolute Gasteiger partial charge is 0.245 e. The summed E-state index contributed by atoms with van der Waals surface area (Å²) < 4.78 is 5.90. The van der Waals surface area contributed by atoms with E-state index in [4.69, 9.17) is 4.52 Å². The first-order chi connectivity index (χ1) is 11.0. The minimum atomic E-state index is -0.164. The Morgan fingerprint density at radius 3 is 2.91 bits per heavy atom. The molecule has 3 rings (SSSR count). The van der Waals surface area contributed by atoms with Gasteiger partial charge in [0, 0.05) is 34.9 Å². The summed E-state index contributed by atoms with van der Waals surface area (Å²) in [6.07, 6.45) is 1.74. The van der Waals surface area contributed by atoms with Gasteiger partial charge in [-0.3, -0.25) is 9.78 Å². The fraction of sp³-hybridized carbons (Fsp3) is 0.188. The molecule has 7 heteroatoms. The van der Waals surface area contributed by atoms with Crippen LogP contribution in [0.3, 0.4) is 0 Å². The van der Waals surface area contributed by atoms with Gasteiger partial charge in [-0.1, -0.05) is 21.1 Å². The Balaban J connectivity index is 1.77. The third kappa shape index (κ3) is 3.50. The largest absolute Gasteiger partial charge is 0.365 e. The molecular formula is C16H15BrN4O2. The number of fused-ring (bicyclic) bond motifs is 1. The Labute approximate surface area is 141 Å². The van der Waals surface area contributed by atoms with Crippen molar-refractivity contribution in [2.75, 3.05) is 23.8 Å². The van der Waals surface area contributed by atoms with Gasteiger partial charge in [0.1, 0.15) is 5.76 Å². The van der Waals surface area contributed by atoms with E-state index in [1.807, 2.05) is 36.2 Å². The maximum absolute atomic E-state index is 12.1. The highest BCUT2D eigenvalue weighted by Crippen LogP contribution is 2.26. The van der Waals surface area contributed by atoms with Crippen molar-refractivity contribution in [2.45, 2.75) is 6.92 Å². The second-order valence-electron chi connectivity index (χ2n) is 5.22. The predicted molar refractivity (Wildman–Crippen MR) is 92.6 cm³/mol. The van der Waals surface area contributed by atoms with Crippen LogP contribution < -0.4 is 10.2 Å². The van der Waals surface area contributed by atoms with Crippen LogP contribution in [0.5, 0.6) is 0 Å². The van der Waals surface area contributed by atoms with Crippen molar-refractivity contribution in [2.24, 2.45) is 0 Å². The lowest BCUT2D eigenvalue weighted by Crippen LogP contribution is -2.30. The van der Waals surface area contributed by atoms with E-state index in [2.05, 4.69) is 31.4 Å². The van der Waals surface area contributed by atoms with Crippen LogP contribution in [0.2, 0.25) is 0 Å². The number of aryl methyl sites for hydroxylation is 1. The van der Waals surface area contributed by atoms with E-state index in [-0.39, 0.29) is 12.5 Å². The third-order valence-corrected chi connectivity index (χ3v) is 3.86. The van der Waals surface area contributed by atoms with Gasteiger partial charge < -0.3 is 14.7 Å². The highest BCUT2D eigenvalue weighted by molar-refractivity contribution is 9.10. The average Bonchev–Trinajstić information content (AvgIpc) is 2.91. The van der Waals surface area contributed by atoms with Crippen LogP contribution in [-0.2, 0) is 4.79 Å². The van der Waals surface area contributed by atoms with Crippen molar-refractivity contribution < 1.29 is 9.32 Å². The first-order valence-electron chi connectivity index (χ1n) is 7.01. The molecule has 0 spiro atoms. The molecule has 2 aromatic heterocycles. The number of amides is 1. The summed E-state index contributed by atoms with van der Waals surface area (Å²) >= 11 is 3.44. The summed E-state index contributed by atoms with van der Waals surface area (Å²) in [5, 5.41) is 7.46. The number of carbonyl (C=O) groups is 1. The van der Waals surface area contributed by atoms with Crippen molar-refractivity contribution >= 4 is 44.2 Å². The molecule has 6 nitrogen and oxygen atoms in total. The van der Waals surface area contributed by atoms with Gasteiger partial charge >= 0.3 is 0 Å². The Morgan fingerprint density at radius 2 is 2.17 bits per heavy atom. The molecule has 0 aliphatic rings. The van der Waals surface area contributed by atoms with E-state index in [9.17, 15) is 4.79 Å². The number of pyridine rings is 1. The Hall–Kier alpha value is -2.41. The van der Waals surface area contributed by atoms with E-state index >= 15 is 0 Å². The fourth-order valence-corrected chi connectivity index (χ4v) is 2.70. The van der Waals surface area contributed by atoms with E-state index in [0.29, 0.717) is 11.6 Å². The normalized spacial score (nSPS) is 10.7. The number of carbonyl (C=O) groups excluding carboxylic acids is 1. The van der Waals surface area contributed by atoms with Crippen LogP contribution in [0.1, 0.15) is 5.76 Å². The minimum Gasteiger partial charge on any atom is -0.365 e. The number of anilines is 2. The monoisotopic (exact) mass is 374 g/mol. The average molecular weight is 375 g/mol. The van der Waals surface area contributed by atoms with Crippen LogP contribution in [0, 0.1) is 6.92 Å². The standard InChI is InChI=1S/C16H15BrN4O2/c1-10-7-15(20-23-10)19-16(22)9-21(2)14-5-6-18-13-8-11(17)3-4-12(13)14/h3-8H,9H2,1-2H3,(H,19,20,22). The Kier molecular flexibility index (Phi) is 4.29. The van der Waals surface area contributed by atoms with Crippen molar-refractivity contribution in [1.29, 1.82) is 0 Å². The van der Waals surface area contributed by atoms with E-state index in [0.717, 1.165) is 21.1 Å². The van der Waals surface area contributed by atoms with Crippen LogP contribution in [-0.4, -0.2) is 29.6 Å². The van der Waals surface area contributed by atoms with E-state index in [1.165, 1.54) is 0 Å². The molecule has 1 amide bonds. The molecule has 0 saturated carbocycles. The maximum Gasteiger partial charge on any atom is 0.245 e. The number of halogens is 1. The Morgan fingerprint density at radius 1 is 1.35 bits per heavy atom. The first-order valence-corrected chi connectivity index (χ1v) is 7.81. The molecule has 0 aliphatic carbocycles. The Bertz CT molecular complexity index is 862. The van der Waals surface area contributed by atoms with Gasteiger partial charge in [-0.25, -0.2) is 0 Å². The molecule has 0 fully saturated rings. The molecule has 0 radical (unpaired) electrons. The zero-order valence-corrected chi connectivity index (χ0v) is 14.3. The lowest BCUT2D eigenvalue weighted by Gasteiger charge is -2.20. The van der Waals surface area contributed by atoms with Gasteiger partial charge in [-0.15, -0.1) is 0 Å². The van der Waals surface area contributed by atoms with E-state index in [1.54, 1.807) is 19.2 Å². The minimum absolute atomic E-state index is 0.164. The number of hydrogen-bond acceptors (Lipinski definition) is 5. The predicted octanol–water partition coefficient (Wildman–Crippen LogP) is 3.37. The number of rotatable bonds is 4. The molecule has 0 aliphatic heterocycles. The third-order valence-electron chi connectivity index (χ3n) is 3.37. The summed E-state index contributed by atoms with van der Waals surface area (Å²) in [4.78, 5) is 18.4. The van der Waals surface area contributed by atoms with Gasteiger partial charge in [-0.05, 0) is 31.2 Å². The first kappa shape index (κ1) is 15.5. The molecule has 0 bridgehead atoms. The summed E-state index contributed by atoms with van der Waals surface area (Å²) in [5.41, 5.74) is 1.81.